The van der Waals surface area contributed by atoms with Gasteiger partial charge in [-0.15, -0.1) is 0 Å². The Hall–Kier alpha value is -1.58. The first kappa shape index (κ1) is 9.51. The molecule has 0 radical (unpaired) electrons. The average Bonchev–Trinajstić information content (AvgIpc) is 2.04. The monoisotopic (exact) mass is 180 g/mol. The maximum Gasteiger partial charge on any atom is 0.303 e. The van der Waals surface area contributed by atoms with Crippen LogP contribution in [0.5, 0.6) is 0 Å². The number of carboxylic acids is 1. The fourth-order valence-electron chi connectivity index (χ4n) is 1.09. The van der Waals surface area contributed by atoms with Crippen molar-refractivity contribution < 1.29 is 9.90 Å². The summed E-state index contributed by atoms with van der Waals surface area (Å²) in [6, 6.07) is 3.48. The number of anilines is 1. The second kappa shape index (κ2) is 3.89. The third kappa shape index (κ3) is 2.74. The Morgan fingerprint density at radius 3 is 2.85 bits per heavy atom. The van der Waals surface area contributed by atoms with Gasteiger partial charge >= 0.3 is 5.97 Å². The summed E-state index contributed by atoms with van der Waals surface area (Å²) in [4.78, 5) is 14.3. The number of nitrogen functional groups attached to an aromatic ring is 1. The van der Waals surface area contributed by atoms with Crippen LogP contribution in [0.25, 0.3) is 0 Å². The van der Waals surface area contributed by atoms with Crippen LogP contribution in [0.2, 0.25) is 0 Å². The average molecular weight is 180 g/mol. The highest BCUT2D eigenvalue weighted by Crippen LogP contribution is 2.18. The lowest BCUT2D eigenvalue weighted by Crippen LogP contribution is -2.03. The van der Waals surface area contributed by atoms with E-state index in [0.29, 0.717) is 5.82 Å². The van der Waals surface area contributed by atoms with Gasteiger partial charge in [0.15, 0.2) is 0 Å². The molecular formula is C9H12N2O2. The van der Waals surface area contributed by atoms with E-state index < -0.39 is 5.97 Å². The van der Waals surface area contributed by atoms with Crippen molar-refractivity contribution in [3.8, 4) is 0 Å². The Balaban J connectivity index is 2.71. The van der Waals surface area contributed by atoms with E-state index in [-0.39, 0.29) is 12.3 Å². The zero-order valence-corrected chi connectivity index (χ0v) is 7.40. The number of nitrogens with zero attached hydrogens (tertiary/aromatic N) is 1. The topological polar surface area (TPSA) is 76.2 Å². The number of nitrogens with two attached hydrogens (primary N) is 1. The molecule has 0 aliphatic heterocycles. The molecule has 13 heavy (non-hydrogen) atoms. The number of aliphatic carboxylic acids is 1. The highest BCUT2D eigenvalue weighted by Gasteiger charge is 2.09. The van der Waals surface area contributed by atoms with E-state index >= 15 is 0 Å². The third-order valence-corrected chi connectivity index (χ3v) is 1.86. The van der Waals surface area contributed by atoms with E-state index in [1.54, 1.807) is 18.3 Å². The molecule has 0 aliphatic rings. The van der Waals surface area contributed by atoms with Crippen molar-refractivity contribution in [1.82, 2.24) is 4.98 Å². The molecule has 1 atom stereocenters. The Labute approximate surface area is 76.4 Å². The van der Waals surface area contributed by atoms with Gasteiger partial charge in [-0.1, -0.05) is 13.0 Å². The van der Waals surface area contributed by atoms with Crippen LogP contribution in [0.3, 0.4) is 0 Å². The predicted octanol–water partition coefficient (Wildman–Crippen LogP) is 1.24. The van der Waals surface area contributed by atoms with Crippen molar-refractivity contribution in [2.45, 2.75) is 19.3 Å². The molecule has 3 N–H and O–H groups in total. The van der Waals surface area contributed by atoms with Crippen LogP contribution in [-0.4, -0.2) is 16.1 Å². The van der Waals surface area contributed by atoms with Gasteiger partial charge in [0.05, 0.1) is 6.42 Å². The smallest absolute Gasteiger partial charge is 0.303 e. The fourth-order valence-corrected chi connectivity index (χ4v) is 1.09. The number of pyridine rings is 1. The Bertz CT molecular complexity index is 295. The zero-order chi connectivity index (χ0) is 9.84. The number of carbonyl (C=O) groups is 1. The van der Waals surface area contributed by atoms with E-state index in [4.69, 9.17) is 10.8 Å². The molecule has 0 aromatic carbocycles. The minimum absolute atomic E-state index is 0.0226. The molecule has 4 nitrogen and oxygen atoms in total. The number of hydrogen-bond donors (Lipinski definition) is 2. The third-order valence-electron chi connectivity index (χ3n) is 1.86. The van der Waals surface area contributed by atoms with Gasteiger partial charge in [0.1, 0.15) is 5.82 Å². The second-order valence-corrected chi connectivity index (χ2v) is 3.02. The molecule has 0 fully saturated rings. The molecule has 1 aromatic rings. The molecule has 1 aromatic heterocycles. The lowest BCUT2D eigenvalue weighted by molar-refractivity contribution is -0.137. The largest absolute Gasteiger partial charge is 0.481 e. The van der Waals surface area contributed by atoms with Crippen molar-refractivity contribution in [2.75, 3.05) is 5.73 Å². The molecule has 1 unspecified atom stereocenters. The molecule has 0 aliphatic carbocycles. The van der Waals surface area contributed by atoms with Crippen LogP contribution in [0.4, 0.5) is 5.82 Å². The van der Waals surface area contributed by atoms with Gasteiger partial charge in [-0.05, 0) is 17.5 Å². The molecule has 0 saturated heterocycles. The molecule has 0 bridgehead atoms. The molecule has 0 amide bonds. The molecule has 0 saturated carbocycles. The first-order valence-electron chi connectivity index (χ1n) is 4.03. The molecular weight excluding hydrogens is 168 g/mol. The summed E-state index contributed by atoms with van der Waals surface area (Å²) in [6.07, 6.45) is 1.73. The predicted molar refractivity (Wildman–Crippen MR) is 49.3 cm³/mol. The first-order chi connectivity index (χ1) is 6.09. The van der Waals surface area contributed by atoms with Crippen molar-refractivity contribution in [3.05, 3.63) is 23.9 Å². The summed E-state index contributed by atoms with van der Waals surface area (Å²) in [6.45, 7) is 1.85. The van der Waals surface area contributed by atoms with Gasteiger partial charge < -0.3 is 10.8 Å². The van der Waals surface area contributed by atoms with Crippen LogP contribution in [0.1, 0.15) is 24.8 Å². The number of carboxylic acid groups (broad SMARTS) is 1. The maximum atomic E-state index is 10.4. The standard InChI is InChI=1S/C9H12N2O2/c1-6(4-9(12)13)7-2-3-8(10)11-5-7/h2-3,5-6H,4H2,1H3,(H2,10,11)(H,12,13). The van der Waals surface area contributed by atoms with Gasteiger partial charge in [0.2, 0.25) is 0 Å². The van der Waals surface area contributed by atoms with Crippen LogP contribution in [0, 0.1) is 0 Å². The quantitative estimate of drug-likeness (QED) is 0.733. The van der Waals surface area contributed by atoms with Crippen LogP contribution in [0.15, 0.2) is 18.3 Å². The van der Waals surface area contributed by atoms with Crippen molar-refractivity contribution >= 4 is 11.8 Å². The molecule has 70 valence electrons. The normalized spacial score (nSPS) is 12.4. The minimum atomic E-state index is -0.802. The Morgan fingerprint density at radius 1 is 1.69 bits per heavy atom. The molecule has 1 heterocycles. The van der Waals surface area contributed by atoms with Crippen LogP contribution < -0.4 is 5.73 Å². The van der Waals surface area contributed by atoms with Crippen LogP contribution in [-0.2, 0) is 4.79 Å². The SMILES string of the molecule is CC(CC(=O)O)c1ccc(N)nc1. The zero-order valence-electron chi connectivity index (χ0n) is 7.40. The van der Waals surface area contributed by atoms with Crippen LogP contribution >= 0.6 is 0 Å². The van der Waals surface area contributed by atoms with Gasteiger partial charge in [-0.3, -0.25) is 4.79 Å². The first-order valence-corrected chi connectivity index (χ1v) is 4.03. The summed E-state index contributed by atoms with van der Waals surface area (Å²) < 4.78 is 0. The van der Waals surface area contributed by atoms with Crippen molar-refractivity contribution in [3.63, 3.8) is 0 Å². The summed E-state index contributed by atoms with van der Waals surface area (Å²) in [5.74, 6) is -0.374. The van der Waals surface area contributed by atoms with Gasteiger partial charge in [-0.25, -0.2) is 4.98 Å². The summed E-state index contributed by atoms with van der Waals surface area (Å²) in [5.41, 5.74) is 6.30. The van der Waals surface area contributed by atoms with E-state index in [0.717, 1.165) is 5.56 Å². The molecule has 1 rings (SSSR count). The van der Waals surface area contributed by atoms with Crippen molar-refractivity contribution in [2.24, 2.45) is 0 Å². The molecule has 0 spiro atoms. The van der Waals surface area contributed by atoms with Gasteiger partial charge in [-0.2, -0.15) is 0 Å². The second-order valence-electron chi connectivity index (χ2n) is 3.02. The summed E-state index contributed by atoms with van der Waals surface area (Å²) >= 11 is 0. The lowest BCUT2D eigenvalue weighted by atomic mass is 10.00. The maximum absolute atomic E-state index is 10.4. The van der Waals surface area contributed by atoms with E-state index in [9.17, 15) is 4.79 Å². The van der Waals surface area contributed by atoms with E-state index in [1.165, 1.54) is 0 Å². The molecule has 4 heteroatoms. The summed E-state index contributed by atoms with van der Waals surface area (Å²) in [7, 11) is 0. The highest BCUT2D eigenvalue weighted by atomic mass is 16.4. The Kier molecular flexibility index (Phi) is 2.84. The summed E-state index contributed by atoms with van der Waals surface area (Å²) in [5, 5.41) is 8.55. The highest BCUT2D eigenvalue weighted by molar-refractivity contribution is 5.67. The number of rotatable bonds is 3. The number of aromatic nitrogens is 1. The minimum Gasteiger partial charge on any atom is -0.481 e. The van der Waals surface area contributed by atoms with Gasteiger partial charge in [0, 0.05) is 6.20 Å². The van der Waals surface area contributed by atoms with E-state index in [1.807, 2.05) is 6.92 Å². The lowest BCUT2D eigenvalue weighted by Gasteiger charge is -2.07. The number of hydrogen-bond acceptors (Lipinski definition) is 3. The van der Waals surface area contributed by atoms with Crippen molar-refractivity contribution in [1.29, 1.82) is 0 Å². The Morgan fingerprint density at radius 2 is 2.38 bits per heavy atom. The van der Waals surface area contributed by atoms with Gasteiger partial charge in [0.25, 0.3) is 0 Å². The van der Waals surface area contributed by atoms with E-state index in [2.05, 4.69) is 4.98 Å². The fraction of sp³-hybridized carbons (Fsp3) is 0.333.